The first-order chi connectivity index (χ1) is 31.1. The van der Waals surface area contributed by atoms with Crippen LogP contribution in [0.15, 0.2) is 54.7 Å². The summed E-state index contributed by atoms with van der Waals surface area (Å²) in [5.74, 6) is -0.932. The van der Waals surface area contributed by atoms with Gasteiger partial charge in [-0.1, -0.05) is 69.6 Å². The Labute approximate surface area is 382 Å². The Morgan fingerprint density at radius 3 is 2.20 bits per heavy atom. The molecule has 7 bridgehead atoms. The van der Waals surface area contributed by atoms with Crippen LogP contribution in [0.5, 0.6) is 11.5 Å². The molecule has 1 aliphatic heterocycles. The highest BCUT2D eigenvalue weighted by molar-refractivity contribution is 5.90. The molecule has 5 saturated carbocycles. The van der Waals surface area contributed by atoms with Crippen LogP contribution in [0.2, 0.25) is 0 Å². The third-order valence-electron chi connectivity index (χ3n) is 16.6. The molecule has 1 N–H and O–H groups in total. The second kappa shape index (κ2) is 21.1. The van der Waals surface area contributed by atoms with E-state index in [1.165, 1.54) is 0 Å². The van der Waals surface area contributed by atoms with Crippen LogP contribution < -0.4 is 9.47 Å². The zero-order valence-electron chi connectivity index (χ0n) is 39.8. The Kier molecular flexibility index (Phi) is 16.1. The number of carbonyl (C=O) groups is 2. The summed E-state index contributed by atoms with van der Waals surface area (Å²) in [4.78, 5) is 31.6. The summed E-state index contributed by atoms with van der Waals surface area (Å²) in [6.07, 6.45) is 21.9. The van der Waals surface area contributed by atoms with Crippen LogP contribution in [0.3, 0.4) is 0 Å². The van der Waals surface area contributed by atoms with E-state index in [0.29, 0.717) is 55.9 Å². The first kappa shape index (κ1) is 48.7. The molecule has 0 radical (unpaired) electrons. The summed E-state index contributed by atoms with van der Waals surface area (Å²) >= 11 is 0. The van der Waals surface area contributed by atoms with E-state index in [0.717, 1.165) is 64.3 Å². The molecule has 1 saturated heterocycles. The molecule has 6 fully saturated rings. The summed E-state index contributed by atoms with van der Waals surface area (Å²) in [5.41, 5.74) is -1.96. The Morgan fingerprint density at radius 1 is 0.812 bits per heavy atom. The van der Waals surface area contributed by atoms with Crippen molar-refractivity contribution in [2.45, 2.75) is 139 Å². The molecule has 1 aromatic carbocycles. The van der Waals surface area contributed by atoms with Crippen molar-refractivity contribution in [3.63, 3.8) is 0 Å². The summed E-state index contributed by atoms with van der Waals surface area (Å²) in [6.45, 7) is 6.03. The van der Waals surface area contributed by atoms with E-state index in [2.05, 4.69) is 55.2 Å². The number of aliphatic hydroxyl groups excluding tert-OH is 1. The van der Waals surface area contributed by atoms with Crippen molar-refractivity contribution in [3.05, 3.63) is 60.2 Å². The lowest BCUT2D eigenvalue weighted by atomic mass is 9.42. The molecule has 7 rings (SSSR count). The van der Waals surface area contributed by atoms with E-state index in [4.69, 9.17) is 37.9 Å². The Bertz CT molecular complexity index is 1830. The first-order valence-electron chi connectivity index (χ1n) is 24.2. The number of ether oxygens (including phenoxy) is 8. The van der Waals surface area contributed by atoms with Crippen molar-refractivity contribution in [1.82, 2.24) is 4.90 Å². The third-order valence-corrected chi connectivity index (χ3v) is 16.6. The predicted octanol–water partition coefficient (Wildman–Crippen LogP) is 8.15. The minimum atomic E-state index is -1.10. The van der Waals surface area contributed by atoms with Gasteiger partial charge in [0.25, 0.3) is 0 Å². The molecule has 0 aromatic heterocycles. The quantitative estimate of drug-likeness (QED) is 0.0611. The number of carbonyl (C=O) groups excluding carboxylic acids is 2. The summed E-state index contributed by atoms with van der Waals surface area (Å²) in [6, 6.07) is 4.96. The van der Waals surface area contributed by atoms with Crippen LogP contribution in [0.1, 0.15) is 108 Å². The van der Waals surface area contributed by atoms with Crippen LogP contribution in [0.25, 0.3) is 0 Å². The molecule has 356 valence electrons. The average Bonchev–Trinajstić information content (AvgIpc) is 3.73. The minimum Gasteiger partial charge on any atom is -0.493 e. The van der Waals surface area contributed by atoms with Crippen molar-refractivity contribution < 1.29 is 52.6 Å². The number of nitrogens with zero attached hydrogens (tertiary/aromatic N) is 1. The van der Waals surface area contributed by atoms with Crippen LogP contribution in [-0.4, -0.2) is 126 Å². The highest BCUT2D eigenvalue weighted by atomic mass is 16.6. The van der Waals surface area contributed by atoms with Gasteiger partial charge in [0.1, 0.15) is 11.7 Å². The summed E-state index contributed by atoms with van der Waals surface area (Å²) in [7, 11) is 10.1. The van der Waals surface area contributed by atoms with Crippen LogP contribution in [-0.2, 0) is 33.2 Å². The molecule has 5 aliphatic carbocycles. The standard InChI is InChI=1S/C52H77NO11/c1-9-11-12-13-14-15-16-17-18-19-20-21-22-23-24-25-42(55)64-51-31-39(60-6)35-29-36(43(51)45(35)63-49(56)34-26-27-37(58-4)38(28-34)59-5)52-41(61-7)30-40(54)50(33-57-3)32-53(10-2)48(52)44(51)46(62-8)47(50)52/h11-12,14-15,17-18,26-28,35-36,39-41,43-48,54H,9-10,13,16,19-25,29-33H2,1-8H3/b12-11-,15-14-,18-17-/t35-,36-,39+,40-,41?,43-,44+,45+,46+,47-,48-,50+,51-,52+/m1/s1. The maximum atomic E-state index is 14.6. The van der Waals surface area contributed by atoms with E-state index in [1.54, 1.807) is 60.9 Å². The number of likely N-dealkylation sites (tertiary alicyclic amines) is 1. The van der Waals surface area contributed by atoms with Gasteiger partial charge in [-0.3, -0.25) is 9.69 Å². The molecule has 1 spiro atoms. The normalized spacial score (nSPS) is 37.2. The van der Waals surface area contributed by atoms with Crippen LogP contribution in [0.4, 0.5) is 0 Å². The number of unbranched alkanes of at least 4 members (excludes halogenated alkanes) is 5. The first-order valence-corrected chi connectivity index (χ1v) is 24.2. The summed E-state index contributed by atoms with van der Waals surface area (Å²) in [5, 5.41) is 12.3. The number of fused-ring (bicyclic) bond motifs is 2. The molecule has 1 unspecified atom stereocenters. The topological polar surface area (TPSA) is 131 Å². The number of esters is 2. The Morgan fingerprint density at radius 2 is 1.53 bits per heavy atom. The number of aliphatic hydroxyl groups is 1. The minimum absolute atomic E-state index is 0.0893. The molecule has 12 heteroatoms. The predicted molar refractivity (Wildman–Crippen MR) is 244 cm³/mol. The number of methoxy groups -OCH3 is 6. The lowest BCUT2D eigenvalue weighted by molar-refractivity contribution is -0.297. The maximum absolute atomic E-state index is 14.6. The Balaban J connectivity index is 1.18. The van der Waals surface area contributed by atoms with Gasteiger partial charge in [-0.05, 0) is 75.6 Å². The molecule has 64 heavy (non-hydrogen) atoms. The second-order valence-corrected chi connectivity index (χ2v) is 19.3. The fourth-order valence-electron chi connectivity index (χ4n) is 14.5. The van der Waals surface area contributed by atoms with E-state index in [-0.39, 0.29) is 53.8 Å². The van der Waals surface area contributed by atoms with Gasteiger partial charge in [-0.15, -0.1) is 0 Å². The van der Waals surface area contributed by atoms with E-state index in [9.17, 15) is 14.7 Å². The molecule has 0 amide bonds. The van der Waals surface area contributed by atoms with Crippen molar-refractivity contribution in [1.29, 1.82) is 0 Å². The molecule has 6 aliphatic rings. The number of hydrogen-bond acceptors (Lipinski definition) is 12. The lowest BCUT2D eigenvalue weighted by Crippen LogP contribution is -2.79. The van der Waals surface area contributed by atoms with E-state index in [1.807, 2.05) is 0 Å². The second-order valence-electron chi connectivity index (χ2n) is 19.3. The number of piperidine rings is 1. The van der Waals surface area contributed by atoms with Gasteiger partial charge in [0.05, 0.1) is 50.8 Å². The van der Waals surface area contributed by atoms with Crippen molar-refractivity contribution >= 4 is 11.9 Å². The molecule has 1 aromatic rings. The zero-order chi connectivity index (χ0) is 45.6. The molecule has 12 nitrogen and oxygen atoms in total. The SMILES string of the molecule is CC/C=C\C/C=C\C/C=C\CCCCCCCC(=O)O[C@]12C[C@H](OC)[C@H]3C[C@H]([C@@H]1[C@H]3OC(=O)c1ccc(OC)c(OC)c1)[C@@]13C(OC)C[C@@H](O)[C@@]4(COC)CN(CC)[C@@H]1[C@@H]2[C@H](OC)[C@H]43. The van der Waals surface area contributed by atoms with Crippen molar-refractivity contribution in [3.8, 4) is 11.5 Å². The molecular weight excluding hydrogens is 815 g/mol. The zero-order valence-corrected chi connectivity index (χ0v) is 39.8. The summed E-state index contributed by atoms with van der Waals surface area (Å²) < 4.78 is 50.9. The fourth-order valence-corrected chi connectivity index (χ4v) is 14.5. The van der Waals surface area contributed by atoms with Gasteiger partial charge in [-0.25, -0.2) is 4.79 Å². The van der Waals surface area contributed by atoms with E-state index < -0.39 is 40.7 Å². The Hall–Kier alpha value is -3.26. The monoisotopic (exact) mass is 892 g/mol. The molecule has 14 atom stereocenters. The number of rotatable bonds is 24. The largest absolute Gasteiger partial charge is 0.493 e. The number of benzene rings is 1. The highest BCUT2D eigenvalue weighted by Crippen LogP contribution is 2.80. The number of hydrogen-bond donors (Lipinski definition) is 1. The van der Waals surface area contributed by atoms with Gasteiger partial charge in [0.15, 0.2) is 11.5 Å². The van der Waals surface area contributed by atoms with E-state index >= 15 is 0 Å². The maximum Gasteiger partial charge on any atom is 0.338 e. The van der Waals surface area contributed by atoms with Crippen molar-refractivity contribution in [2.24, 2.45) is 40.4 Å². The van der Waals surface area contributed by atoms with Crippen LogP contribution >= 0.6 is 0 Å². The van der Waals surface area contributed by atoms with Gasteiger partial charge in [0.2, 0.25) is 0 Å². The van der Waals surface area contributed by atoms with Gasteiger partial charge >= 0.3 is 11.9 Å². The smallest absolute Gasteiger partial charge is 0.338 e. The van der Waals surface area contributed by atoms with Gasteiger partial charge in [-0.2, -0.15) is 0 Å². The van der Waals surface area contributed by atoms with Gasteiger partial charge < -0.3 is 43.0 Å². The molecule has 1 heterocycles. The fraction of sp³-hybridized carbons (Fsp3) is 0.731. The van der Waals surface area contributed by atoms with Gasteiger partial charge in [0, 0.05) is 94.8 Å². The third kappa shape index (κ3) is 8.29. The highest BCUT2D eigenvalue weighted by Gasteiger charge is 2.89. The van der Waals surface area contributed by atoms with Crippen LogP contribution in [0, 0.1) is 40.4 Å². The average molecular weight is 892 g/mol. The molecular formula is C52H77NO11. The lowest BCUT2D eigenvalue weighted by Gasteiger charge is -2.70. The number of allylic oxidation sites excluding steroid dienone is 6. The van der Waals surface area contributed by atoms with Crippen molar-refractivity contribution in [2.75, 3.05) is 62.4 Å².